The van der Waals surface area contributed by atoms with Crippen molar-refractivity contribution in [1.29, 1.82) is 0 Å². The van der Waals surface area contributed by atoms with Crippen LogP contribution < -0.4 is 15.0 Å². The van der Waals surface area contributed by atoms with E-state index in [-0.39, 0.29) is 18.7 Å². The van der Waals surface area contributed by atoms with E-state index in [1.165, 1.54) is 0 Å². The fourth-order valence-corrected chi connectivity index (χ4v) is 2.17. The second-order valence-corrected chi connectivity index (χ2v) is 5.89. The Morgan fingerprint density at radius 3 is 2.33 bits per heavy atom. The molecule has 24 heavy (non-hydrogen) atoms. The van der Waals surface area contributed by atoms with Gasteiger partial charge in [0.2, 0.25) is 0 Å². The Kier molecular flexibility index (Phi) is 6.21. The predicted molar refractivity (Wildman–Crippen MR) is 95.4 cm³/mol. The number of hydrogen-bond donors (Lipinski definition) is 2. The minimum atomic E-state index is -0.676. The molecule has 0 aliphatic rings. The Labute approximate surface area is 142 Å². The van der Waals surface area contributed by atoms with Gasteiger partial charge >= 0.3 is 6.03 Å². The van der Waals surface area contributed by atoms with Crippen LogP contribution in [0.3, 0.4) is 0 Å². The van der Waals surface area contributed by atoms with Crippen LogP contribution in [0.15, 0.2) is 54.6 Å². The van der Waals surface area contributed by atoms with Crippen molar-refractivity contribution in [3.63, 3.8) is 0 Å². The first-order valence-corrected chi connectivity index (χ1v) is 7.97. The van der Waals surface area contributed by atoms with Crippen molar-refractivity contribution < 1.29 is 14.6 Å². The largest absolute Gasteiger partial charge is 0.491 e. The lowest BCUT2D eigenvalue weighted by Crippen LogP contribution is -2.40. The first-order valence-electron chi connectivity index (χ1n) is 7.97. The van der Waals surface area contributed by atoms with Gasteiger partial charge in [-0.25, -0.2) is 4.79 Å². The molecule has 0 saturated carbocycles. The van der Waals surface area contributed by atoms with Crippen molar-refractivity contribution in [2.75, 3.05) is 18.6 Å². The third-order valence-corrected chi connectivity index (χ3v) is 3.53. The fraction of sp³-hybridized carbons (Fsp3) is 0.316. The zero-order valence-corrected chi connectivity index (χ0v) is 14.3. The van der Waals surface area contributed by atoms with Gasteiger partial charge in [-0.3, -0.25) is 4.90 Å². The second-order valence-electron chi connectivity index (χ2n) is 5.89. The standard InChI is InChI=1S/C19H24N2O3/c1-14(2)20-19(23)21(3)16-9-11-17(12-10-16)24-13-18(22)15-7-5-4-6-8-15/h4-12,14,18,22H,13H2,1-3H3,(H,20,23). The van der Waals surface area contributed by atoms with E-state index in [9.17, 15) is 9.90 Å². The van der Waals surface area contributed by atoms with E-state index in [0.29, 0.717) is 5.75 Å². The number of carbonyl (C=O) groups excluding carboxylic acids is 1. The molecule has 0 fully saturated rings. The summed E-state index contributed by atoms with van der Waals surface area (Å²) in [5, 5.41) is 12.9. The molecule has 0 heterocycles. The molecule has 0 aromatic heterocycles. The zero-order chi connectivity index (χ0) is 17.5. The topological polar surface area (TPSA) is 61.8 Å². The van der Waals surface area contributed by atoms with Crippen LogP contribution >= 0.6 is 0 Å². The van der Waals surface area contributed by atoms with E-state index >= 15 is 0 Å². The zero-order valence-electron chi connectivity index (χ0n) is 14.3. The van der Waals surface area contributed by atoms with Gasteiger partial charge in [-0.1, -0.05) is 30.3 Å². The Balaban J connectivity index is 1.91. The molecule has 0 saturated heterocycles. The second kappa shape index (κ2) is 8.36. The number of carbonyl (C=O) groups is 1. The lowest BCUT2D eigenvalue weighted by Gasteiger charge is -2.20. The van der Waals surface area contributed by atoms with Crippen LogP contribution in [0.25, 0.3) is 0 Å². The van der Waals surface area contributed by atoms with E-state index < -0.39 is 6.10 Å². The first kappa shape index (κ1) is 17.8. The van der Waals surface area contributed by atoms with Gasteiger partial charge in [0.1, 0.15) is 18.5 Å². The molecule has 5 nitrogen and oxygen atoms in total. The summed E-state index contributed by atoms with van der Waals surface area (Å²) < 4.78 is 5.61. The van der Waals surface area contributed by atoms with Crippen LogP contribution in [0.1, 0.15) is 25.5 Å². The molecule has 0 spiro atoms. The summed E-state index contributed by atoms with van der Waals surface area (Å²) in [5.74, 6) is 0.645. The molecule has 2 N–H and O–H groups in total. The van der Waals surface area contributed by atoms with Gasteiger partial charge < -0.3 is 15.2 Å². The van der Waals surface area contributed by atoms with Gasteiger partial charge in [0, 0.05) is 18.8 Å². The Hall–Kier alpha value is -2.53. The SMILES string of the molecule is CC(C)NC(=O)N(C)c1ccc(OCC(O)c2ccccc2)cc1. The van der Waals surface area contributed by atoms with Crippen LogP contribution in [0.4, 0.5) is 10.5 Å². The highest BCUT2D eigenvalue weighted by Gasteiger charge is 2.12. The monoisotopic (exact) mass is 328 g/mol. The molecule has 2 aromatic carbocycles. The molecule has 0 aliphatic heterocycles. The van der Waals surface area contributed by atoms with Crippen molar-refractivity contribution in [2.45, 2.75) is 26.0 Å². The summed E-state index contributed by atoms with van der Waals surface area (Å²) in [7, 11) is 1.72. The number of aliphatic hydroxyl groups is 1. The van der Waals surface area contributed by atoms with Gasteiger partial charge in [0.25, 0.3) is 0 Å². The normalized spacial score (nSPS) is 11.9. The predicted octanol–water partition coefficient (Wildman–Crippen LogP) is 3.35. The van der Waals surface area contributed by atoms with E-state index in [2.05, 4.69) is 5.32 Å². The molecule has 1 unspecified atom stereocenters. The van der Waals surface area contributed by atoms with Crippen molar-refractivity contribution in [3.8, 4) is 5.75 Å². The number of benzene rings is 2. The number of amides is 2. The van der Waals surface area contributed by atoms with Gasteiger partial charge in [0.15, 0.2) is 0 Å². The maximum Gasteiger partial charge on any atom is 0.321 e. The van der Waals surface area contributed by atoms with E-state index in [0.717, 1.165) is 11.3 Å². The number of nitrogens with zero attached hydrogens (tertiary/aromatic N) is 1. The Bertz CT molecular complexity index is 641. The number of rotatable bonds is 6. The molecule has 0 radical (unpaired) electrons. The van der Waals surface area contributed by atoms with Gasteiger partial charge in [-0.2, -0.15) is 0 Å². The van der Waals surface area contributed by atoms with Gasteiger partial charge in [-0.15, -0.1) is 0 Å². The van der Waals surface area contributed by atoms with Crippen LogP contribution in [0, 0.1) is 0 Å². The molecule has 0 bridgehead atoms. The van der Waals surface area contributed by atoms with Gasteiger partial charge in [-0.05, 0) is 43.7 Å². The van der Waals surface area contributed by atoms with Crippen molar-refractivity contribution in [2.24, 2.45) is 0 Å². The molecule has 0 aliphatic carbocycles. The Morgan fingerprint density at radius 2 is 1.75 bits per heavy atom. The summed E-state index contributed by atoms with van der Waals surface area (Å²) in [4.78, 5) is 13.5. The van der Waals surface area contributed by atoms with Crippen LogP contribution in [-0.4, -0.2) is 30.8 Å². The summed E-state index contributed by atoms with van der Waals surface area (Å²) in [6.07, 6.45) is -0.676. The molecule has 2 rings (SSSR count). The number of aliphatic hydroxyl groups excluding tert-OH is 1. The summed E-state index contributed by atoms with van der Waals surface area (Å²) in [6.45, 7) is 4.01. The van der Waals surface area contributed by atoms with Crippen LogP contribution in [0.2, 0.25) is 0 Å². The maximum absolute atomic E-state index is 12.0. The highest BCUT2D eigenvalue weighted by molar-refractivity contribution is 5.91. The minimum Gasteiger partial charge on any atom is -0.491 e. The highest BCUT2D eigenvalue weighted by Crippen LogP contribution is 2.20. The van der Waals surface area contributed by atoms with Crippen molar-refractivity contribution >= 4 is 11.7 Å². The van der Waals surface area contributed by atoms with Crippen molar-refractivity contribution in [3.05, 3.63) is 60.2 Å². The fourth-order valence-electron chi connectivity index (χ4n) is 2.17. The van der Waals surface area contributed by atoms with Gasteiger partial charge in [0.05, 0.1) is 0 Å². The van der Waals surface area contributed by atoms with Crippen LogP contribution in [-0.2, 0) is 0 Å². The lowest BCUT2D eigenvalue weighted by atomic mass is 10.1. The van der Waals surface area contributed by atoms with E-state index in [4.69, 9.17) is 4.74 Å². The summed E-state index contributed by atoms with van der Waals surface area (Å²) in [5.41, 5.74) is 1.59. The third-order valence-electron chi connectivity index (χ3n) is 3.53. The number of nitrogens with one attached hydrogen (secondary N) is 1. The molecular weight excluding hydrogens is 304 g/mol. The number of urea groups is 1. The van der Waals surface area contributed by atoms with E-state index in [1.807, 2.05) is 56.3 Å². The number of anilines is 1. The molecule has 128 valence electrons. The minimum absolute atomic E-state index is 0.0852. The maximum atomic E-state index is 12.0. The highest BCUT2D eigenvalue weighted by atomic mass is 16.5. The third kappa shape index (κ3) is 4.99. The van der Waals surface area contributed by atoms with Crippen LogP contribution in [0.5, 0.6) is 5.75 Å². The quantitative estimate of drug-likeness (QED) is 0.855. The Morgan fingerprint density at radius 1 is 1.12 bits per heavy atom. The van der Waals surface area contributed by atoms with Crippen molar-refractivity contribution in [1.82, 2.24) is 5.32 Å². The number of hydrogen-bond acceptors (Lipinski definition) is 3. The number of ether oxygens (including phenoxy) is 1. The lowest BCUT2D eigenvalue weighted by molar-refractivity contribution is 0.108. The first-order chi connectivity index (χ1) is 11.5. The van der Waals surface area contributed by atoms with E-state index in [1.54, 1.807) is 24.1 Å². The molecule has 5 heteroatoms. The molecule has 1 atom stereocenters. The average molecular weight is 328 g/mol. The molecular formula is C19H24N2O3. The average Bonchev–Trinajstić information content (AvgIpc) is 2.59. The molecule has 2 amide bonds. The summed E-state index contributed by atoms with van der Waals surface area (Å²) in [6, 6.07) is 16.5. The summed E-state index contributed by atoms with van der Waals surface area (Å²) >= 11 is 0. The smallest absolute Gasteiger partial charge is 0.321 e. The molecule has 2 aromatic rings.